The number of hydrogen-bond acceptors (Lipinski definition) is 7. The normalized spacial score (nSPS) is 13.4. The molecule has 0 amide bonds. The smallest absolute Gasteiger partial charge is 0.329 e. The number of ether oxygens (including phenoxy) is 1. The van der Waals surface area contributed by atoms with Crippen molar-refractivity contribution in [2.45, 2.75) is 18.9 Å². The van der Waals surface area contributed by atoms with Gasteiger partial charge in [0, 0.05) is 13.1 Å². The highest BCUT2D eigenvalue weighted by atomic mass is 19.1. The molecule has 9 heteroatoms. The number of nitrogens with zero attached hydrogens (tertiary/aromatic N) is 4. The Morgan fingerprint density at radius 3 is 2.88 bits per heavy atom. The lowest BCUT2D eigenvalue weighted by molar-refractivity contribution is -0.384. The quantitative estimate of drug-likeness (QED) is 0.579. The lowest BCUT2D eigenvalue weighted by Gasteiger charge is -2.18. The summed E-state index contributed by atoms with van der Waals surface area (Å²) in [6.45, 7) is 0.623. The molecule has 8 nitrogen and oxygen atoms in total. The summed E-state index contributed by atoms with van der Waals surface area (Å²) < 4.78 is 18.9. The Hall–Kier alpha value is -2.97. The number of benzene rings is 1. The SMILES string of the molecule is CN(CCOc1ccccc1F)c1ncc([N+](=O)[O-])c(NC2CC2)n1. The van der Waals surface area contributed by atoms with Crippen LogP contribution in [-0.4, -0.2) is 41.1 Å². The van der Waals surface area contributed by atoms with Gasteiger partial charge < -0.3 is 15.0 Å². The average molecular weight is 347 g/mol. The van der Waals surface area contributed by atoms with Crippen molar-refractivity contribution >= 4 is 17.5 Å². The largest absolute Gasteiger partial charge is 0.489 e. The Kier molecular flexibility index (Phi) is 4.92. The second-order valence-corrected chi connectivity index (χ2v) is 5.78. The first-order chi connectivity index (χ1) is 12.0. The molecule has 1 aromatic heterocycles. The molecule has 25 heavy (non-hydrogen) atoms. The zero-order valence-corrected chi connectivity index (χ0v) is 13.7. The van der Waals surface area contributed by atoms with E-state index in [1.165, 1.54) is 12.3 Å². The summed E-state index contributed by atoms with van der Waals surface area (Å²) in [5.74, 6) is 0.314. The van der Waals surface area contributed by atoms with E-state index in [9.17, 15) is 14.5 Å². The Morgan fingerprint density at radius 2 is 2.20 bits per heavy atom. The Labute approximate surface area is 143 Å². The summed E-state index contributed by atoms with van der Waals surface area (Å²) in [4.78, 5) is 20.6. The molecule has 1 fully saturated rings. The minimum Gasteiger partial charge on any atom is -0.489 e. The minimum atomic E-state index is -0.504. The van der Waals surface area contributed by atoms with Crippen LogP contribution < -0.4 is 15.0 Å². The van der Waals surface area contributed by atoms with Gasteiger partial charge in [0.2, 0.25) is 11.8 Å². The number of nitrogens with one attached hydrogen (secondary N) is 1. The molecule has 0 bridgehead atoms. The third-order valence-electron chi connectivity index (χ3n) is 3.73. The average Bonchev–Trinajstić information content (AvgIpc) is 3.40. The van der Waals surface area contributed by atoms with Gasteiger partial charge in [0.05, 0.1) is 11.5 Å². The van der Waals surface area contributed by atoms with E-state index in [1.807, 2.05) is 0 Å². The number of rotatable bonds is 8. The van der Waals surface area contributed by atoms with Crippen LogP contribution in [0.15, 0.2) is 30.5 Å². The molecule has 0 unspecified atom stereocenters. The first-order valence-corrected chi connectivity index (χ1v) is 7.91. The van der Waals surface area contributed by atoms with Crippen LogP contribution in [0.5, 0.6) is 5.75 Å². The number of nitro groups is 1. The van der Waals surface area contributed by atoms with Gasteiger partial charge in [0.25, 0.3) is 0 Å². The third kappa shape index (κ3) is 4.31. The summed E-state index contributed by atoms with van der Waals surface area (Å²) in [6.07, 6.45) is 3.15. The zero-order chi connectivity index (χ0) is 17.8. The molecule has 0 atom stereocenters. The van der Waals surface area contributed by atoms with Crippen LogP contribution in [0.4, 0.5) is 21.8 Å². The molecule has 1 aliphatic rings. The summed E-state index contributed by atoms with van der Waals surface area (Å²) in [5, 5.41) is 14.1. The molecule has 0 radical (unpaired) electrons. The number of aromatic nitrogens is 2. The van der Waals surface area contributed by atoms with Gasteiger partial charge in [-0.15, -0.1) is 0 Å². The molecule has 1 saturated carbocycles. The highest BCUT2D eigenvalue weighted by molar-refractivity contribution is 5.58. The van der Waals surface area contributed by atoms with Crippen molar-refractivity contribution in [3.05, 3.63) is 46.4 Å². The maximum absolute atomic E-state index is 13.5. The van der Waals surface area contributed by atoms with Crippen molar-refractivity contribution in [1.29, 1.82) is 0 Å². The maximum Gasteiger partial charge on any atom is 0.329 e. The molecule has 2 aromatic rings. The fourth-order valence-electron chi connectivity index (χ4n) is 2.17. The van der Waals surface area contributed by atoms with Gasteiger partial charge in [-0.25, -0.2) is 9.37 Å². The van der Waals surface area contributed by atoms with E-state index in [1.54, 1.807) is 30.1 Å². The molecule has 1 heterocycles. The van der Waals surface area contributed by atoms with E-state index < -0.39 is 10.7 Å². The predicted octanol–water partition coefficient (Wildman–Crippen LogP) is 2.61. The van der Waals surface area contributed by atoms with Crippen molar-refractivity contribution in [1.82, 2.24) is 9.97 Å². The Balaban J connectivity index is 1.64. The van der Waals surface area contributed by atoms with Gasteiger partial charge in [0.1, 0.15) is 12.8 Å². The van der Waals surface area contributed by atoms with E-state index >= 15 is 0 Å². The molecule has 0 spiro atoms. The van der Waals surface area contributed by atoms with Crippen molar-refractivity contribution in [3.8, 4) is 5.75 Å². The van der Waals surface area contributed by atoms with Crippen LogP contribution in [-0.2, 0) is 0 Å². The summed E-state index contributed by atoms with van der Waals surface area (Å²) >= 11 is 0. The molecule has 3 rings (SSSR count). The second kappa shape index (κ2) is 7.29. The number of halogens is 1. The molecule has 1 N–H and O–H groups in total. The van der Waals surface area contributed by atoms with Crippen LogP contribution in [0, 0.1) is 15.9 Å². The van der Waals surface area contributed by atoms with Gasteiger partial charge in [0.15, 0.2) is 11.6 Å². The number of hydrogen-bond donors (Lipinski definition) is 1. The first kappa shape index (κ1) is 16.9. The van der Waals surface area contributed by atoms with Gasteiger partial charge in [-0.2, -0.15) is 4.98 Å². The van der Waals surface area contributed by atoms with E-state index in [-0.39, 0.29) is 29.9 Å². The molecule has 1 aromatic carbocycles. The highest BCUT2D eigenvalue weighted by Gasteiger charge is 2.27. The first-order valence-electron chi connectivity index (χ1n) is 7.91. The Morgan fingerprint density at radius 1 is 1.44 bits per heavy atom. The molecular weight excluding hydrogens is 329 g/mol. The number of likely N-dealkylation sites (N-methyl/N-ethyl adjacent to an activating group) is 1. The maximum atomic E-state index is 13.5. The lowest BCUT2D eigenvalue weighted by Crippen LogP contribution is -2.26. The monoisotopic (exact) mass is 347 g/mol. The van der Waals surface area contributed by atoms with Crippen molar-refractivity contribution in [2.24, 2.45) is 0 Å². The van der Waals surface area contributed by atoms with Crippen LogP contribution in [0.2, 0.25) is 0 Å². The van der Waals surface area contributed by atoms with Gasteiger partial charge >= 0.3 is 5.69 Å². The molecular formula is C16H18FN5O3. The van der Waals surface area contributed by atoms with Crippen LogP contribution >= 0.6 is 0 Å². The third-order valence-corrected chi connectivity index (χ3v) is 3.73. The van der Waals surface area contributed by atoms with E-state index in [0.29, 0.717) is 12.5 Å². The topological polar surface area (TPSA) is 93.4 Å². The summed E-state index contributed by atoms with van der Waals surface area (Å²) in [6, 6.07) is 6.39. The van der Waals surface area contributed by atoms with Crippen molar-refractivity contribution in [2.75, 3.05) is 30.4 Å². The van der Waals surface area contributed by atoms with Crippen LogP contribution in [0.3, 0.4) is 0 Å². The van der Waals surface area contributed by atoms with E-state index in [0.717, 1.165) is 12.8 Å². The van der Waals surface area contributed by atoms with Gasteiger partial charge in [-0.3, -0.25) is 10.1 Å². The van der Waals surface area contributed by atoms with E-state index in [2.05, 4.69) is 15.3 Å². The fraction of sp³-hybridized carbons (Fsp3) is 0.375. The second-order valence-electron chi connectivity index (χ2n) is 5.78. The zero-order valence-electron chi connectivity index (χ0n) is 13.7. The standard InChI is InChI=1S/C16H18FN5O3/c1-21(8-9-25-14-5-3-2-4-12(14)17)16-18-10-13(22(23)24)15(20-16)19-11-6-7-11/h2-5,10-11H,6-9H2,1H3,(H,18,19,20). The number of anilines is 2. The van der Waals surface area contributed by atoms with Crippen LogP contribution in [0.25, 0.3) is 0 Å². The summed E-state index contributed by atoms with van der Waals surface area (Å²) in [7, 11) is 1.74. The number of para-hydroxylation sites is 1. The molecule has 0 aliphatic heterocycles. The molecule has 0 saturated heterocycles. The lowest BCUT2D eigenvalue weighted by atomic mass is 10.3. The predicted molar refractivity (Wildman–Crippen MR) is 90.5 cm³/mol. The summed E-state index contributed by atoms with van der Waals surface area (Å²) in [5.41, 5.74) is -0.147. The highest BCUT2D eigenvalue weighted by Crippen LogP contribution is 2.29. The van der Waals surface area contributed by atoms with Gasteiger partial charge in [-0.1, -0.05) is 12.1 Å². The Bertz CT molecular complexity index is 769. The van der Waals surface area contributed by atoms with E-state index in [4.69, 9.17) is 4.74 Å². The fourth-order valence-corrected chi connectivity index (χ4v) is 2.17. The molecule has 1 aliphatic carbocycles. The van der Waals surface area contributed by atoms with Gasteiger partial charge in [-0.05, 0) is 25.0 Å². The van der Waals surface area contributed by atoms with Crippen molar-refractivity contribution < 1.29 is 14.1 Å². The van der Waals surface area contributed by atoms with Crippen LogP contribution in [0.1, 0.15) is 12.8 Å². The minimum absolute atomic E-state index is 0.147. The van der Waals surface area contributed by atoms with Crippen molar-refractivity contribution in [3.63, 3.8) is 0 Å². The molecule has 132 valence electrons.